The van der Waals surface area contributed by atoms with Crippen molar-refractivity contribution in [2.24, 2.45) is 0 Å². The smallest absolute Gasteiger partial charge is 0.243 e. The van der Waals surface area contributed by atoms with Gasteiger partial charge in [-0.1, -0.05) is 73.3 Å². The molecule has 31 heavy (non-hydrogen) atoms. The molecule has 0 aromatic heterocycles. The number of hydrogen-bond donors (Lipinski definition) is 1. The predicted molar refractivity (Wildman–Crippen MR) is 126 cm³/mol. The lowest BCUT2D eigenvalue weighted by atomic mass is 10.0. The highest BCUT2D eigenvalue weighted by atomic mass is 35.5. The Labute approximate surface area is 194 Å². The average Bonchev–Trinajstić information content (AvgIpc) is 3.24. The number of hydrogen-bond acceptors (Lipinski definition) is 2. The van der Waals surface area contributed by atoms with Crippen LogP contribution in [0.4, 0.5) is 0 Å². The molecule has 1 aliphatic carbocycles. The van der Waals surface area contributed by atoms with Gasteiger partial charge in [0.25, 0.3) is 0 Å². The van der Waals surface area contributed by atoms with Crippen LogP contribution in [0.1, 0.15) is 55.7 Å². The molecule has 0 radical (unpaired) electrons. The normalized spacial score (nSPS) is 15.0. The molecular formula is C25H30Cl2N2O2. The lowest BCUT2D eigenvalue weighted by Gasteiger charge is -2.32. The summed E-state index contributed by atoms with van der Waals surface area (Å²) >= 11 is 12.5. The molecule has 0 aliphatic heterocycles. The van der Waals surface area contributed by atoms with Crippen molar-refractivity contribution in [3.8, 4) is 0 Å². The molecule has 1 N–H and O–H groups in total. The van der Waals surface area contributed by atoms with Crippen LogP contribution in [0.5, 0.6) is 0 Å². The summed E-state index contributed by atoms with van der Waals surface area (Å²) in [5.41, 5.74) is 2.80. The Hall–Kier alpha value is -2.04. The number of benzene rings is 2. The van der Waals surface area contributed by atoms with Gasteiger partial charge in [-0.2, -0.15) is 0 Å². The van der Waals surface area contributed by atoms with E-state index in [0.29, 0.717) is 16.5 Å². The zero-order valence-electron chi connectivity index (χ0n) is 18.2. The van der Waals surface area contributed by atoms with E-state index in [1.54, 1.807) is 17.0 Å². The standard InChI is InChI=1S/C25H30Cl2N2O2/c1-3-23(25(31)28-21-10-6-7-11-21)29(16-19-12-13-20(26)15-22(19)27)24(30)14-18-9-5-4-8-17(18)2/h4-5,8-9,12-13,15,21,23H,3,6-7,10-11,14,16H2,1-2H3,(H,28,31). The van der Waals surface area contributed by atoms with Crippen molar-refractivity contribution in [2.75, 3.05) is 0 Å². The monoisotopic (exact) mass is 460 g/mol. The summed E-state index contributed by atoms with van der Waals surface area (Å²) in [7, 11) is 0. The van der Waals surface area contributed by atoms with E-state index in [4.69, 9.17) is 23.2 Å². The summed E-state index contributed by atoms with van der Waals surface area (Å²) in [6.45, 7) is 4.20. The van der Waals surface area contributed by atoms with Gasteiger partial charge in [-0.05, 0) is 55.0 Å². The predicted octanol–water partition coefficient (Wildman–Crippen LogP) is 5.71. The lowest BCUT2D eigenvalue weighted by Crippen LogP contribution is -2.51. The van der Waals surface area contributed by atoms with Gasteiger partial charge in [0.15, 0.2) is 0 Å². The Balaban J connectivity index is 1.86. The van der Waals surface area contributed by atoms with Gasteiger partial charge in [0.2, 0.25) is 11.8 Å². The molecule has 1 fully saturated rings. The van der Waals surface area contributed by atoms with Crippen LogP contribution in [0.15, 0.2) is 42.5 Å². The third kappa shape index (κ3) is 6.24. The minimum atomic E-state index is -0.552. The van der Waals surface area contributed by atoms with Crippen molar-refractivity contribution in [1.82, 2.24) is 10.2 Å². The summed E-state index contributed by atoms with van der Waals surface area (Å²) in [4.78, 5) is 28.3. The molecule has 4 nitrogen and oxygen atoms in total. The highest BCUT2D eigenvalue weighted by Gasteiger charge is 2.31. The number of rotatable bonds is 8. The molecule has 1 atom stereocenters. The summed E-state index contributed by atoms with van der Waals surface area (Å²) < 4.78 is 0. The summed E-state index contributed by atoms with van der Waals surface area (Å²) in [5, 5.41) is 4.20. The van der Waals surface area contributed by atoms with Crippen LogP contribution in [-0.2, 0) is 22.6 Å². The summed E-state index contributed by atoms with van der Waals surface area (Å²) in [6.07, 6.45) is 5.05. The quantitative estimate of drug-likeness (QED) is 0.548. The Bertz CT molecular complexity index is 925. The molecule has 2 amide bonds. The average molecular weight is 461 g/mol. The van der Waals surface area contributed by atoms with E-state index in [1.807, 2.05) is 44.2 Å². The zero-order chi connectivity index (χ0) is 22.4. The Kier molecular flexibility index (Phi) is 8.39. The summed E-state index contributed by atoms with van der Waals surface area (Å²) in [6, 6.07) is 12.7. The van der Waals surface area contributed by atoms with Crippen LogP contribution < -0.4 is 5.32 Å². The molecule has 1 unspecified atom stereocenters. The number of carbonyl (C=O) groups excluding carboxylic acids is 2. The third-order valence-electron chi connectivity index (χ3n) is 6.05. The van der Waals surface area contributed by atoms with Crippen LogP contribution in [0, 0.1) is 6.92 Å². The number of aryl methyl sites for hydroxylation is 1. The van der Waals surface area contributed by atoms with Crippen molar-refractivity contribution in [3.05, 3.63) is 69.2 Å². The molecule has 166 valence electrons. The van der Waals surface area contributed by atoms with Gasteiger partial charge in [-0.3, -0.25) is 9.59 Å². The molecule has 0 saturated heterocycles. The highest BCUT2D eigenvalue weighted by Crippen LogP contribution is 2.25. The van der Waals surface area contributed by atoms with Crippen molar-refractivity contribution in [1.29, 1.82) is 0 Å². The maximum absolute atomic E-state index is 13.5. The zero-order valence-corrected chi connectivity index (χ0v) is 19.7. The minimum Gasteiger partial charge on any atom is -0.352 e. The fourth-order valence-corrected chi connectivity index (χ4v) is 4.66. The minimum absolute atomic E-state index is 0.0855. The summed E-state index contributed by atoms with van der Waals surface area (Å²) in [5.74, 6) is -0.175. The van der Waals surface area contributed by atoms with Crippen LogP contribution >= 0.6 is 23.2 Å². The van der Waals surface area contributed by atoms with Gasteiger partial charge in [-0.25, -0.2) is 0 Å². The van der Waals surface area contributed by atoms with Gasteiger partial charge in [0.1, 0.15) is 6.04 Å². The van der Waals surface area contributed by atoms with Gasteiger partial charge >= 0.3 is 0 Å². The number of carbonyl (C=O) groups is 2. The molecule has 0 heterocycles. The fraction of sp³-hybridized carbons (Fsp3) is 0.440. The molecule has 1 saturated carbocycles. The Morgan fingerprint density at radius 1 is 1.10 bits per heavy atom. The molecule has 0 spiro atoms. The fourth-order valence-electron chi connectivity index (χ4n) is 4.19. The number of amides is 2. The molecular weight excluding hydrogens is 431 g/mol. The van der Waals surface area contributed by atoms with E-state index in [2.05, 4.69) is 5.32 Å². The first-order valence-electron chi connectivity index (χ1n) is 11.0. The first-order valence-corrected chi connectivity index (χ1v) is 11.7. The van der Waals surface area contributed by atoms with E-state index >= 15 is 0 Å². The van der Waals surface area contributed by atoms with E-state index in [0.717, 1.165) is 42.4 Å². The SMILES string of the molecule is CCC(C(=O)NC1CCCC1)N(Cc1ccc(Cl)cc1Cl)C(=O)Cc1ccccc1C. The van der Waals surface area contributed by atoms with E-state index in [-0.39, 0.29) is 30.8 Å². The van der Waals surface area contributed by atoms with E-state index in [1.165, 1.54) is 0 Å². The maximum Gasteiger partial charge on any atom is 0.243 e. The van der Waals surface area contributed by atoms with E-state index in [9.17, 15) is 9.59 Å². The van der Waals surface area contributed by atoms with Crippen molar-refractivity contribution in [2.45, 2.75) is 71.0 Å². The second kappa shape index (κ2) is 11.0. The number of nitrogens with zero attached hydrogens (tertiary/aromatic N) is 1. The Morgan fingerprint density at radius 3 is 2.45 bits per heavy atom. The van der Waals surface area contributed by atoms with Crippen molar-refractivity contribution < 1.29 is 9.59 Å². The lowest BCUT2D eigenvalue weighted by molar-refractivity contribution is -0.141. The first-order chi connectivity index (χ1) is 14.9. The van der Waals surface area contributed by atoms with Crippen LogP contribution in [-0.4, -0.2) is 28.8 Å². The molecule has 6 heteroatoms. The number of nitrogens with one attached hydrogen (secondary N) is 1. The maximum atomic E-state index is 13.5. The second-order valence-corrected chi connectivity index (χ2v) is 9.12. The van der Waals surface area contributed by atoms with Crippen LogP contribution in [0.25, 0.3) is 0 Å². The topological polar surface area (TPSA) is 49.4 Å². The first kappa shape index (κ1) is 23.6. The highest BCUT2D eigenvalue weighted by molar-refractivity contribution is 6.35. The van der Waals surface area contributed by atoms with Gasteiger partial charge in [0, 0.05) is 22.6 Å². The van der Waals surface area contributed by atoms with Gasteiger partial charge in [0.05, 0.1) is 6.42 Å². The van der Waals surface area contributed by atoms with Crippen molar-refractivity contribution >= 4 is 35.0 Å². The molecule has 1 aliphatic rings. The number of halogens is 2. The third-order valence-corrected chi connectivity index (χ3v) is 6.63. The largest absolute Gasteiger partial charge is 0.352 e. The van der Waals surface area contributed by atoms with Crippen molar-refractivity contribution in [3.63, 3.8) is 0 Å². The van der Waals surface area contributed by atoms with E-state index < -0.39 is 6.04 Å². The van der Waals surface area contributed by atoms with Gasteiger partial charge < -0.3 is 10.2 Å². The van der Waals surface area contributed by atoms with Crippen LogP contribution in [0.2, 0.25) is 10.0 Å². The Morgan fingerprint density at radius 2 is 1.81 bits per heavy atom. The molecule has 0 bridgehead atoms. The molecule has 3 rings (SSSR count). The van der Waals surface area contributed by atoms with Gasteiger partial charge in [-0.15, -0.1) is 0 Å². The molecule has 2 aromatic rings. The van der Waals surface area contributed by atoms with Crippen LogP contribution in [0.3, 0.4) is 0 Å². The molecule has 2 aromatic carbocycles. The second-order valence-electron chi connectivity index (χ2n) is 8.27.